The van der Waals surface area contributed by atoms with Crippen LogP contribution in [0.5, 0.6) is 5.75 Å². The first-order valence-corrected chi connectivity index (χ1v) is 8.32. The SMILES string of the molecule is COC(=O)CCCCCCC(=O)c1ccc2cc(OC)ccc2c1. The van der Waals surface area contributed by atoms with E-state index in [1.165, 1.54) is 7.11 Å². The Morgan fingerprint density at radius 3 is 2.21 bits per heavy atom. The number of carbonyl (C=O) groups is 2. The van der Waals surface area contributed by atoms with Crippen LogP contribution < -0.4 is 4.74 Å². The Balaban J connectivity index is 1.82. The summed E-state index contributed by atoms with van der Waals surface area (Å²) in [4.78, 5) is 23.3. The number of hydrogen-bond acceptors (Lipinski definition) is 4. The van der Waals surface area contributed by atoms with Crippen LogP contribution in [0, 0.1) is 0 Å². The molecule has 2 rings (SSSR count). The first-order chi connectivity index (χ1) is 11.6. The maximum atomic E-state index is 12.3. The minimum Gasteiger partial charge on any atom is -0.497 e. The standard InChI is InChI=1S/C20H24O4/c1-23-18-12-11-15-13-17(10-9-16(15)14-18)19(21)7-5-3-4-6-8-20(22)24-2/h9-14H,3-8H2,1-2H3. The lowest BCUT2D eigenvalue weighted by Gasteiger charge is -2.06. The van der Waals surface area contributed by atoms with Crippen LogP contribution in [0.15, 0.2) is 36.4 Å². The number of ketones is 1. The van der Waals surface area contributed by atoms with E-state index >= 15 is 0 Å². The van der Waals surface area contributed by atoms with Gasteiger partial charge in [-0.1, -0.05) is 31.0 Å². The van der Waals surface area contributed by atoms with Crippen LogP contribution in [0.3, 0.4) is 0 Å². The van der Waals surface area contributed by atoms with E-state index in [-0.39, 0.29) is 11.8 Å². The van der Waals surface area contributed by atoms with Crippen molar-refractivity contribution in [3.05, 3.63) is 42.0 Å². The van der Waals surface area contributed by atoms with Crippen molar-refractivity contribution < 1.29 is 19.1 Å². The van der Waals surface area contributed by atoms with Crippen molar-refractivity contribution in [1.29, 1.82) is 0 Å². The molecular formula is C20H24O4. The second kappa shape index (κ2) is 9.06. The third-order valence-corrected chi connectivity index (χ3v) is 4.13. The molecule has 0 N–H and O–H groups in total. The zero-order chi connectivity index (χ0) is 17.4. The first-order valence-electron chi connectivity index (χ1n) is 8.32. The molecule has 0 atom stereocenters. The van der Waals surface area contributed by atoms with Gasteiger partial charge in [-0.05, 0) is 41.8 Å². The summed E-state index contributed by atoms with van der Waals surface area (Å²) in [6.45, 7) is 0. The van der Waals surface area contributed by atoms with E-state index in [4.69, 9.17) is 4.74 Å². The van der Waals surface area contributed by atoms with E-state index in [0.29, 0.717) is 12.8 Å². The van der Waals surface area contributed by atoms with Gasteiger partial charge in [0, 0.05) is 18.4 Å². The molecule has 24 heavy (non-hydrogen) atoms. The molecule has 0 aromatic heterocycles. The highest BCUT2D eigenvalue weighted by Gasteiger charge is 2.07. The molecule has 0 fully saturated rings. The van der Waals surface area contributed by atoms with Crippen molar-refractivity contribution in [1.82, 2.24) is 0 Å². The molecule has 2 aromatic rings. The number of ether oxygens (including phenoxy) is 2. The number of methoxy groups -OCH3 is 2. The van der Waals surface area contributed by atoms with Gasteiger partial charge in [-0.3, -0.25) is 9.59 Å². The number of esters is 1. The Labute approximate surface area is 142 Å². The fourth-order valence-electron chi connectivity index (χ4n) is 2.68. The van der Waals surface area contributed by atoms with Crippen molar-refractivity contribution in [2.45, 2.75) is 38.5 Å². The van der Waals surface area contributed by atoms with Crippen molar-refractivity contribution in [2.75, 3.05) is 14.2 Å². The highest BCUT2D eigenvalue weighted by molar-refractivity contribution is 6.00. The second-order valence-electron chi connectivity index (χ2n) is 5.84. The molecule has 0 radical (unpaired) electrons. The Kier molecular flexibility index (Phi) is 6.79. The van der Waals surface area contributed by atoms with Gasteiger partial charge in [0.1, 0.15) is 5.75 Å². The van der Waals surface area contributed by atoms with Crippen LogP contribution in [0.4, 0.5) is 0 Å². The van der Waals surface area contributed by atoms with Crippen LogP contribution in [-0.4, -0.2) is 26.0 Å². The van der Waals surface area contributed by atoms with Gasteiger partial charge in [0.05, 0.1) is 14.2 Å². The highest BCUT2D eigenvalue weighted by Crippen LogP contribution is 2.22. The molecule has 2 aromatic carbocycles. The van der Waals surface area contributed by atoms with Crippen LogP contribution >= 0.6 is 0 Å². The Bertz CT molecular complexity index is 706. The summed E-state index contributed by atoms with van der Waals surface area (Å²) in [5, 5.41) is 2.11. The lowest BCUT2D eigenvalue weighted by Crippen LogP contribution is -2.00. The number of carbonyl (C=O) groups excluding carboxylic acids is 2. The van der Waals surface area contributed by atoms with Gasteiger partial charge in [0.2, 0.25) is 0 Å². The summed E-state index contributed by atoms with van der Waals surface area (Å²) in [6, 6.07) is 11.6. The fourth-order valence-corrected chi connectivity index (χ4v) is 2.68. The molecule has 0 aliphatic rings. The van der Waals surface area contributed by atoms with Crippen molar-refractivity contribution >= 4 is 22.5 Å². The molecule has 0 saturated heterocycles. The molecule has 4 heteroatoms. The number of unbranched alkanes of at least 4 members (excludes halogenated alkanes) is 3. The molecule has 0 heterocycles. The van der Waals surface area contributed by atoms with E-state index < -0.39 is 0 Å². The highest BCUT2D eigenvalue weighted by atomic mass is 16.5. The maximum absolute atomic E-state index is 12.3. The van der Waals surface area contributed by atoms with Crippen LogP contribution in [0.1, 0.15) is 48.9 Å². The van der Waals surface area contributed by atoms with Crippen LogP contribution in [-0.2, 0) is 9.53 Å². The average molecular weight is 328 g/mol. The molecule has 0 saturated carbocycles. The Morgan fingerprint density at radius 2 is 1.50 bits per heavy atom. The number of hydrogen-bond donors (Lipinski definition) is 0. The van der Waals surface area contributed by atoms with E-state index in [2.05, 4.69) is 4.74 Å². The molecule has 0 unspecified atom stereocenters. The summed E-state index contributed by atoms with van der Waals surface area (Å²) >= 11 is 0. The van der Waals surface area contributed by atoms with Crippen molar-refractivity contribution in [3.8, 4) is 5.75 Å². The number of rotatable bonds is 9. The summed E-state index contributed by atoms with van der Waals surface area (Å²) in [5.74, 6) is 0.813. The van der Waals surface area contributed by atoms with Gasteiger partial charge in [0.15, 0.2) is 5.78 Å². The average Bonchev–Trinajstić information content (AvgIpc) is 2.63. The van der Waals surface area contributed by atoms with E-state index in [9.17, 15) is 9.59 Å². The number of fused-ring (bicyclic) bond motifs is 1. The van der Waals surface area contributed by atoms with Crippen LogP contribution in [0.25, 0.3) is 10.8 Å². The fraction of sp³-hybridized carbons (Fsp3) is 0.400. The monoisotopic (exact) mass is 328 g/mol. The van der Waals surface area contributed by atoms with Gasteiger partial charge in [-0.2, -0.15) is 0 Å². The maximum Gasteiger partial charge on any atom is 0.305 e. The summed E-state index contributed by atoms with van der Waals surface area (Å²) in [5.41, 5.74) is 0.752. The normalized spacial score (nSPS) is 10.6. The minimum absolute atomic E-state index is 0.167. The first kappa shape index (κ1) is 18.0. The molecule has 0 aliphatic carbocycles. The van der Waals surface area contributed by atoms with Crippen LogP contribution in [0.2, 0.25) is 0 Å². The third-order valence-electron chi connectivity index (χ3n) is 4.13. The van der Waals surface area contributed by atoms with Gasteiger partial charge in [-0.15, -0.1) is 0 Å². The largest absolute Gasteiger partial charge is 0.497 e. The molecule has 128 valence electrons. The van der Waals surface area contributed by atoms with Crippen molar-refractivity contribution in [3.63, 3.8) is 0 Å². The van der Waals surface area contributed by atoms with E-state index in [1.54, 1.807) is 7.11 Å². The minimum atomic E-state index is -0.168. The second-order valence-corrected chi connectivity index (χ2v) is 5.84. The molecular weight excluding hydrogens is 304 g/mol. The van der Waals surface area contributed by atoms with Gasteiger partial charge in [-0.25, -0.2) is 0 Å². The topological polar surface area (TPSA) is 52.6 Å². The predicted octanol–water partition coefficient (Wildman–Crippen LogP) is 4.54. The summed E-state index contributed by atoms with van der Waals surface area (Å²) in [6.07, 6.45) is 4.56. The van der Waals surface area contributed by atoms with E-state index in [0.717, 1.165) is 47.8 Å². The Morgan fingerprint density at radius 1 is 0.833 bits per heavy atom. The summed E-state index contributed by atoms with van der Waals surface area (Å²) in [7, 11) is 3.05. The Hall–Kier alpha value is -2.36. The van der Waals surface area contributed by atoms with Crippen molar-refractivity contribution in [2.24, 2.45) is 0 Å². The molecule has 4 nitrogen and oxygen atoms in total. The zero-order valence-corrected chi connectivity index (χ0v) is 14.3. The number of benzene rings is 2. The lowest BCUT2D eigenvalue weighted by atomic mass is 10.0. The van der Waals surface area contributed by atoms with Gasteiger partial charge < -0.3 is 9.47 Å². The van der Waals surface area contributed by atoms with Gasteiger partial charge in [0.25, 0.3) is 0 Å². The molecule has 0 spiro atoms. The molecule has 0 aliphatic heterocycles. The smallest absolute Gasteiger partial charge is 0.305 e. The molecule has 0 amide bonds. The van der Waals surface area contributed by atoms with E-state index in [1.807, 2.05) is 36.4 Å². The third kappa shape index (κ3) is 5.08. The zero-order valence-electron chi connectivity index (χ0n) is 14.3. The van der Waals surface area contributed by atoms with Gasteiger partial charge >= 0.3 is 5.97 Å². The predicted molar refractivity (Wildman–Crippen MR) is 94.5 cm³/mol. The molecule has 0 bridgehead atoms. The lowest BCUT2D eigenvalue weighted by molar-refractivity contribution is -0.140. The number of Topliss-reactive ketones (excluding diaryl/α,β-unsaturated/α-hetero) is 1. The quantitative estimate of drug-likeness (QED) is 0.385. The summed E-state index contributed by atoms with van der Waals surface area (Å²) < 4.78 is 9.81.